The lowest BCUT2D eigenvalue weighted by atomic mass is 10.0. The minimum absolute atomic E-state index is 0.325. The predicted octanol–water partition coefficient (Wildman–Crippen LogP) is 1.89. The molecule has 1 unspecified atom stereocenters. The molecule has 1 aliphatic heterocycles. The van der Waals surface area contributed by atoms with Gasteiger partial charge in [-0.1, -0.05) is 30.3 Å². The molecule has 1 aromatic carbocycles. The maximum absolute atomic E-state index is 12.7. The van der Waals surface area contributed by atoms with Crippen LogP contribution in [0, 0.1) is 0 Å². The molecule has 1 aromatic rings. The summed E-state index contributed by atoms with van der Waals surface area (Å²) < 4.78 is 0. The SMILES string of the molecule is CC(C)(NC(=O)[C@@H](S)CCc1ccccc1)C(=O)N1CCCC1C(=O)O. The molecule has 1 fully saturated rings. The lowest BCUT2D eigenvalue weighted by Gasteiger charge is -2.33. The van der Waals surface area contributed by atoms with Crippen molar-refractivity contribution < 1.29 is 19.5 Å². The lowest BCUT2D eigenvalue weighted by molar-refractivity contribution is -0.151. The molecule has 0 aromatic heterocycles. The van der Waals surface area contributed by atoms with Crippen molar-refractivity contribution in [3.63, 3.8) is 0 Å². The highest BCUT2D eigenvalue weighted by Gasteiger charge is 2.41. The van der Waals surface area contributed by atoms with Crippen LogP contribution in [0.1, 0.15) is 38.7 Å². The number of aliphatic carboxylic acids is 1. The van der Waals surface area contributed by atoms with Gasteiger partial charge in [0.2, 0.25) is 11.8 Å². The lowest BCUT2D eigenvalue weighted by Crippen LogP contribution is -2.59. The molecule has 6 nitrogen and oxygen atoms in total. The minimum Gasteiger partial charge on any atom is -0.480 e. The molecule has 0 bridgehead atoms. The molecule has 26 heavy (non-hydrogen) atoms. The number of carbonyl (C=O) groups excluding carboxylic acids is 2. The van der Waals surface area contributed by atoms with Gasteiger partial charge in [0.1, 0.15) is 11.6 Å². The maximum Gasteiger partial charge on any atom is 0.326 e. The molecule has 0 spiro atoms. The van der Waals surface area contributed by atoms with Crippen LogP contribution >= 0.6 is 12.6 Å². The molecule has 2 atom stereocenters. The zero-order chi connectivity index (χ0) is 19.3. The van der Waals surface area contributed by atoms with E-state index in [0.717, 1.165) is 5.56 Å². The number of aryl methyl sites for hydroxylation is 1. The molecule has 142 valence electrons. The largest absolute Gasteiger partial charge is 0.480 e. The average molecular weight is 378 g/mol. The van der Waals surface area contributed by atoms with Crippen LogP contribution in [0.25, 0.3) is 0 Å². The topological polar surface area (TPSA) is 86.7 Å². The van der Waals surface area contributed by atoms with Gasteiger partial charge < -0.3 is 15.3 Å². The van der Waals surface area contributed by atoms with Gasteiger partial charge in [-0.3, -0.25) is 9.59 Å². The van der Waals surface area contributed by atoms with Crippen molar-refractivity contribution in [1.29, 1.82) is 0 Å². The van der Waals surface area contributed by atoms with E-state index in [0.29, 0.717) is 32.2 Å². The smallest absolute Gasteiger partial charge is 0.326 e. The van der Waals surface area contributed by atoms with E-state index in [4.69, 9.17) is 0 Å². The Balaban J connectivity index is 1.93. The molecular formula is C19H26N2O4S. The standard InChI is InChI=1S/C19H26N2O4S/c1-19(2,18(25)21-12-6-9-14(21)17(23)24)20-16(22)15(26)11-10-13-7-4-3-5-8-13/h3-5,7-8,14-15,26H,6,9-12H2,1-2H3,(H,20,22)(H,23,24)/t14?,15-/m0/s1. The number of nitrogens with zero attached hydrogens (tertiary/aromatic N) is 1. The fourth-order valence-electron chi connectivity index (χ4n) is 3.15. The van der Waals surface area contributed by atoms with E-state index in [9.17, 15) is 19.5 Å². The summed E-state index contributed by atoms with van der Waals surface area (Å²) in [5.74, 6) is -1.71. The van der Waals surface area contributed by atoms with Crippen LogP contribution in [0.5, 0.6) is 0 Å². The number of carboxylic acids is 1. The van der Waals surface area contributed by atoms with Gasteiger partial charge in [-0.15, -0.1) is 0 Å². The van der Waals surface area contributed by atoms with Gasteiger partial charge in [-0.2, -0.15) is 12.6 Å². The molecule has 1 saturated heterocycles. The number of rotatable bonds is 7. The summed E-state index contributed by atoms with van der Waals surface area (Å²) in [4.78, 5) is 37.8. The highest BCUT2D eigenvalue weighted by atomic mass is 32.1. The van der Waals surface area contributed by atoms with Gasteiger partial charge in [0.05, 0.1) is 5.25 Å². The summed E-state index contributed by atoms with van der Waals surface area (Å²) in [6, 6.07) is 8.99. The van der Waals surface area contributed by atoms with E-state index in [1.807, 2.05) is 30.3 Å². The number of thiol groups is 1. The number of likely N-dealkylation sites (tertiary alicyclic amines) is 1. The summed E-state index contributed by atoms with van der Waals surface area (Å²) in [7, 11) is 0. The van der Waals surface area contributed by atoms with Gasteiger partial charge in [-0.25, -0.2) is 4.79 Å². The summed E-state index contributed by atoms with van der Waals surface area (Å²) in [5, 5.41) is 11.4. The minimum atomic E-state index is -1.18. The third kappa shape index (κ3) is 5.00. The zero-order valence-corrected chi connectivity index (χ0v) is 16.0. The van der Waals surface area contributed by atoms with Crippen LogP contribution in [-0.4, -0.2) is 51.2 Å². The molecule has 1 heterocycles. The van der Waals surface area contributed by atoms with Crippen molar-refractivity contribution >= 4 is 30.4 Å². The number of nitrogens with one attached hydrogen (secondary N) is 1. The molecule has 0 saturated carbocycles. The molecular weight excluding hydrogens is 352 g/mol. The van der Waals surface area contributed by atoms with E-state index < -0.39 is 22.8 Å². The van der Waals surface area contributed by atoms with E-state index in [1.165, 1.54) is 4.90 Å². The Hall–Kier alpha value is -2.02. The zero-order valence-electron chi connectivity index (χ0n) is 15.1. The Morgan fingerprint density at radius 2 is 1.96 bits per heavy atom. The molecule has 0 aliphatic carbocycles. The highest BCUT2D eigenvalue weighted by molar-refractivity contribution is 7.81. The number of benzene rings is 1. The highest BCUT2D eigenvalue weighted by Crippen LogP contribution is 2.22. The van der Waals surface area contributed by atoms with Crippen LogP contribution in [0.3, 0.4) is 0 Å². The molecule has 7 heteroatoms. The first-order valence-corrected chi connectivity index (χ1v) is 9.32. The second-order valence-corrected chi connectivity index (χ2v) is 7.77. The molecule has 2 N–H and O–H groups in total. The second kappa shape index (κ2) is 8.58. The van der Waals surface area contributed by atoms with Crippen molar-refractivity contribution in [2.75, 3.05) is 6.54 Å². The molecule has 2 rings (SSSR count). The van der Waals surface area contributed by atoms with Gasteiger partial charge in [0.15, 0.2) is 0 Å². The number of carbonyl (C=O) groups is 3. The fourth-order valence-corrected chi connectivity index (χ4v) is 3.34. The monoisotopic (exact) mass is 378 g/mol. The van der Waals surface area contributed by atoms with Gasteiger partial charge in [0.25, 0.3) is 0 Å². The average Bonchev–Trinajstić information content (AvgIpc) is 3.09. The first kappa shape index (κ1) is 20.3. The van der Waals surface area contributed by atoms with E-state index in [-0.39, 0.29) is 11.8 Å². The van der Waals surface area contributed by atoms with E-state index in [1.54, 1.807) is 13.8 Å². The van der Waals surface area contributed by atoms with Crippen molar-refractivity contribution in [3.05, 3.63) is 35.9 Å². The normalized spacial score (nSPS) is 18.4. The quantitative estimate of drug-likeness (QED) is 0.633. The number of hydrogen-bond acceptors (Lipinski definition) is 4. The summed E-state index contributed by atoms with van der Waals surface area (Å²) >= 11 is 4.36. The van der Waals surface area contributed by atoms with Crippen LogP contribution < -0.4 is 5.32 Å². The first-order chi connectivity index (χ1) is 12.2. The Bertz CT molecular complexity index is 663. The van der Waals surface area contributed by atoms with E-state index in [2.05, 4.69) is 17.9 Å². The Kier molecular flexibility index (Phi) is 6.69. The maximum atomic E-state index is 12.7. The third-order valence-corrected chi connectivity index (χ3v) is 5.11. The summed E-state index contributed by atoms with van der Waals surface area (Å²) in [6.45, 7) is 3.59. The van der Waals surface area contributed by atoms with Crippen molar-refractivity contribution in [1.82, 2.24) is 10.2 Å². The second-order valence-electron chi connectivity index (χ2n) is 7.15. The summed E-state index contributed by atoms with van der Waals surface area (Å²) in [6.07, 6.45) is 2.35. The Labute approximate surface area is 159 Å². The third-order valence-electron chi connectivity index (χ3n) is 4.62. The number of carboxylic acid groups (broad SMARTS) is 1. The van der Waals surface area contributed by atoms with Crippen LogP contribution in [0.2, 0.25) is 0 Å². The van der Waals surface area contributed by atoms with Gasteiger partial charge in [-0.05, 0) is 45.1 Å². The molecule has 1 aliphatic rings. The van der Waals surface area contributed by atoms with Crippen LogP contribution in [0.4, 0.5) is 0 Å². The molecule has 0 radical (unpaired) electrons. The summed E-state index contributed by atoms with van der Waals surface area (Å²) in [5.41, 5.74) is -0.0564. The van der Waals surface area contributed by atoms with Crippen molar-refractivity contribution in [2.45, 2.75) is 56.4 Å². The predicted molar refractivity (Wildman–Crippen MR) is 102 cm³/mol. The van der Waals surface area contributed by atoms with Gasteiger partial charge in [0, 0.05) is 6.54 Å². The molecule has 2 amide bonds. The van der Waals surface area contributed by atoms with Gasteiger partial charge >= 0.3 is 5.97 Å². The Morgan fingerprint density at radius 1 is 1.31 bits per heavy atom. The number of hydrogen-bond donors (Lipinski definition) is 3. The van der Waals surface area contributed by atoms with Crippen molar-refractivity contribution in [2.24, 2.45) is 0 Å². The Morgan fingerprint density at radius 3 is 2.58 bits per heavy atom. The van der Waals surface area contributed by atoms with Crippen LogP contribution in [-0.2, 0) is 20.8 Å². The van der Waals surface area contributed by atoms with Crippen molar-refractivity contribution in [3.8, 4) is 0 Å². The van der Waals surface area contributed by atoms with Crippen LogP contribution in [0.15, 0.2) is 30.3 Å². The fraction of sp³-hybridized carbons (Fsp3) is 0.526. The van der Waals surface area contributed by atoms with E-state index >= 15 is 0 Å². The first-order valence-electron chi connectivity index (χ1n) is 8.80. The number of amides is 2.